The number of nitrogens with zero attached hydrogens (tertiary/aromatic N) is 1. The van der Waals surface area contributed by atoms with Crippen molar-refractivity contribution in [2.75, 3.05) is 6.61 Å². The van der Waals surface area contributed by atoms with Crippen LogP contribution in [0.3, 0.4) is 0 Å². The van der Waals surface area contributed by atoms with Crippen molar-refractivity contribution in [2.45, 2.75) is 45.6 Å². The zero-order valence-electron chi connectivity index (χ0n) is 12.1. The van der Waals surface area contributed by atoms with Gasteiger partial charge in [-0.25, -0.2) is 4.98 Å². The van der Waals surface area contributed by atoms with Gasteiger partial charge in [-0.1, -0.05) is 20.3 Å². The molecule has 1 saturated carbocycles. The lowest BCUT2D eigenvalue weighted by molar-refractivity contribution is -0.128. The van der Waals surface area contributed by atoms with Gasteiger partial charge in [0.2, 0.25) is 0 Å². The summed E-state index contributed by atoms with van der Waals surface area (Å²) in [5.41, 5.74) is -0.713. The van der Waals surface area contributed by atoms with Crippen LogP contribution in [0.2, 0.25) is 0 Å². The largest absolute Gasteiger partial charge is 0.468 e. The molecular formula is C14H22BrNO3S. The number of aliphatic hydroxyl groups is 1. The molecule has 1 heterocycles. The van der Waals surface area contributed by atoms with Crippen molar-refractivity contribution in [1.82, 2.24) is 4.98 Å². The van der Waals surface area contributed by atoms with E-state index in [-0.39, 0.29) is 0 Å². The van der Waals surface area contributed by atoms with Gasteiger partial charge in [0.15, 0.2) is 0 Å². The first kappa shape index (κ1) is 17.6. The summed E-state index contributed by atoms with van der Waals surface area (Å²) in [5.74, 6) is 0.610. The van der Waals surface area contributed by atoms with Gasteiger partial charge in [0, 0.05) is 0 Å². The molecular weight excluding hydrogens is 342 g/mol. The predicted octanol–water partition coefficient (Wildman–Crippen LogP) is 3.73. The summed E-state index contributed by atoms with van der Waals surface area (Å²) in [6.07, 6.45) is 5.19. The molecule has 114 valence electrons. The first-order valence-corrected chi connectivity index (χ1v) is 8.47. The van der Waals surface area contributed by atoms with Gasteiger partial charge in [0.05, 0.1) is 16.6 Å². The molecule has 1 fully saturated rings. The first-order chi connectivity index (χ1) is 9.46. The van der Waals surface area contributed by atoms with E-state index in [0.717, 1.165) is 21.6 Å². The Hall–Kier alpha value is -0.460. The molecule has 0 bridgehead atoms. The van der Waals surface area contributed by atoms with E-state index in [0.29, 0.717) is 24.9 Å². The molecule has 1 aromatic heterocycles. The van der Waals surface area contributed by atoms with E-state index in [2.05, 4.69) is 39.5 Å². The Morgan fingerprint density at radius 2 is 2.15 bits per heavy atom. The minimum absolute atomic E-state index is 0.305. The minimum atomic E-state index is -0.713. The van der Waals surface area contributed by atoms with Crippen LogP contribution in [0.5, 0.6) is 0 Å². The van der Waals surface area contributed by atoms with Crippen molar-refractivity contribution in [3.05, 3.63) is 15.0 Å². The van der Waals surface area contributed by atoms with Gasteiger partial charge in [-0.2, -0.15) is 0 Å². The summed E-state index contributed by atoms with van der Waals surface area (Å²) in [5, 5.41) is 11.7. The summed E-state index contributed by atoms with van der Waals surface area (Å²) in [6.45, 7) is 6.92. The third-order valence-electron chi connectivity index (χ3n) is 3.83. The fourth-order valence-electron chi connectivity index (χ4n) is 2.59. The molecule has 2 rings (SSSR count). The second-order valence-electron chi connectivity index (χ2n) is 5.08. The maximum absolute atomic E-state index is 10.8. The number of thiazole rings is 1. The molecule has 0 aromatic carbocycles. The molecule has 1 aliphatic rings. The minimum Gasteiger partial charge on any atom is -0.468 e. The molecule has 4 nitrogen and oxygen atoms in total. The molecule has 1 aromatic rings. The monoisotopic (exact) mass is 363 g/mol. The van der Waals surface area contributed by atoms with Crippen molar-refractivity contribution in [3.63, 3.8) is 0 Å². The molecule has 0 amide bonds. The Labute approximate surface area is 132 Å². The Morgan fingerprint density at radius 1 is 1.55 bits per heavy atom. The van der Waals surface area contributed by atoms with Crippen LogP contribution in [0, 0.1) is 11.8 Å². The molecule has 2 atom stereocenters. The average Bonchev–Trinajstić information content (AvgIpc) is 2.85. The van der Waals surface area contributed by atoms with Crippen molar-refractivity contribution >= 4 is 33.7 Å². The number of ether oxygens (including phenoxy) is 1. The van der Waals surface area contributed by atoms with Gasteiger partial charge in [0.25, 0.3) is 6.47 Å². The molecule has 1 aliphatic carbocycles. The summed E-state index contributed by atoms with van der Waals surface area (Å²) in [6, 6.07) is 0. The SMILES string of the molecule is CC1CCCC(C)C1(O)c1ncc(Br)s1.CCOC=O. The fourth-order valence-corrected chi connectivity index (χ4v) is 4.11. The molecule has 2 unspecified atom stereocenters. The molecule has 0 saturated heterocycles. The van der Waals surface area contributed by atoms with E-state index in [9.17, 15) is 9.90 Å². The van der Waals surface area contributed by atoms with Gasteiger partial charge in [0.1, 0.15) is 10.6 Å². The topological polar surface area (TPSA) is 59.4 Å². The second kappa shape index (κ2) is 8.10. The van der Waals surface area contributed by atoms with Gasteiger partial charge in [-0.3, -0.25) is 4.79 Å². The number of carbonyl (C=O) groups excluding carboxylic acids is 1. The van der Waals surface area contributed by atoms with Crippen LogP contribution in [0.25, 0.3) is 0 Å². The van der Waals surface area contributed by atoms with Gasteiger partial charge in [-0.15, -0.1) is 11.3 Å². The van der Waals surface area contributed by atoms with Gasteiger partial charge in [-0.05, 0) is 47.5 Å². The standard InChI is InChI=1S/C11H16BrNOS.C3H6O2/c1-7-4-3-5-8(2)11(7,14)10-13-6-9(12)15-10;1-2-5-3-4/h6-8,14H,3-5H2,1-2H3;3H,2H2,1H3. The molecule has 0 spiro atoms. The summed E-state index contributed by atoms with van der Waals surface area (Å²) < 4.78 is 5.15. The highest BCUT2D eigenvalue weighted by atomic mass is 79.9. The third kappa shape index (κ3) is 4.02. The highest BCUT2D eigenvalue weighted by molar-refractivity contribution is 9.11. The Bertz CT molecular complexity index is 414. The van der Waals surface area contributed by atoms with E-state index in [1.165, 1.54) is 6.42 Å². The maximum Gasteiger partial charge on any atom is 0.293 e. The van der Waals surface area contributed by atoms with Crippen LogP contribution in [0.15, 0.2) is 9.98 Å². The van der Waals surface area contributed by atoms with Crippen LogP contribution < -0.4 is 0 Å². The van der Waals surface area contributed by atoms with Crippen LogP contribution in [0.4, 0.5) is 0 Å². The molecule has 0 aliphatic heterocycles. The number of rotatable bonds is 3. The van der Waals surface area contributed by atoms with Crippen LogP contribution in [-0.2, 0) is 15.1 Å². The predicted molar refractivity (Wildman–Crippen MR) is 83.6 cm³/mol. The lowest BCUT2D eigenvalue weighted by Crippen LogP contribution is -2.42. The van der Waals surface area contributed by atoms with Crippen molar-refractivity contribution in [1.29, 1.82) is 0 Å². The average molecular weight is 364 g/mol. The Balaban J connectivity index is 0.000000347. The van der Waals surface area contributed by atoms with Crippen molar-refractivity contribution < 1.29 is 14.6 Å². The normalized spacial score (nSPS) is 29.2. The Kier molecular flexibility index (Phi) is 7.12. The quantitative estimate of drug-likeness (QED) is 0.831. The van der Waals surface area contributed by atoms with E-state index in [4.69, 9.17) is 0 Å². The van der Waals surface area contributed by atoms with E-state index in [1.807, 2.05) is 0 Å². The Morgan fingerprint density at radius 3 is 2.50 bits per heavy atom. The summed E-state index contributed by atoms with van der Waals surface area (Å²) in [4.78, 5) is 13.5. The zero-order valence-corrected chi connectivity index (χ0v) is 14.5. The van der Waals surface area contributed by atoms with Crippen LogP contribution in [-0.4, -0.2) is 23.2 Å². The number of aromatic nitrogens is 1. The highest BCUT2D eigenvalue weighted by Crippen LogP contribution is 2.46. The van der Waals surface area contributed by atoms with Gasteiger partial charge < -0.3 is 9.84 Å². The number of hydrogen-bond acceptors (Lipinski definition) is 5. The first-order valence-electron chi connectivity index (χ1n) is 6.86. The summed E-state index contributed by atoms with van der Waals surface area (Å²) >= 11 is 4.96. The molecule has 1 N–H and O–H groups in total. The lowest BCUT2D eigenvalue weighted by atomic mass is 9.70. The number of carbonyl (C=O) groups is 1. The van der Waals surface area contributed by atoms with E-state index in [1.54, 1.807) is 24.5 Å². The maximum atomic E-state index is 10.8. The summed E-state index contributed by atoms with van der Waals surface area (Å²) in [7, 11) is 0. The lowest BCUT2D eigenvalue weighted by Gasteiger charge is -2.41. The van der Waals surface area contributed by atoms with Crippen molar-refractivity contribution in [3.8, 4) is 0 Å². The third-order valence-corrected chi connectivity index (χ3v) is 5.45. The second-order valence-corrected chi connectivity index (χ2v) is 7.49. The smallest absolute Gasteiger partial charge is 0.293 e. The zero-order chi connectivity index (χ0) is 15.2. The molecule has 0 radical (unpaired) electrons. The van der Waals surface area contributed by atoms with E-state index < -0.39 is 5.60 Å². The van der Waals surface area contributed by atoms with E-state index >= 15 is 0 Å². The number of hydrogen-bond donors (Lipinski definition) is 1. The molecule has 20 heavy (non-hydrogen) atoms. The van der Waals surface area contributed by atoms with Crippen molar-refractivity contribution in [2.24, 2.45) is 11.8 Å². The highest BCUT2D eigenvalue weighted by Gasteiger charge is 2.45. The van der Waals surface area contributed by atoms with Crippen LogP contribution >= 0.6 is 27.3 Å². The van der Waals surface area contributed by atoms with Gasteiger partial charge >= 0.3 is 0 Å². The van der Waals surface area contributed by atoms with Crippen LogP contribution in [0.1, 0.15) is 45.0 Å². The fraction of sp³-hybridized carbons (Fsp3) is 0.714. The molecule has 6 heteroatoms. The number of halogens is 1.